The first-order valence-electron chi connectivity index (χ1n) is 7.54. The molecule has 0 aliphatic rings. The third-order valence-corrected chi connectivity index (χ3v) is 3.22. The summed E-state index contributed by atoms with van der Waals surface area (Å²) < 4.78 is 5.86. The highest BCUT2D eigenvalue weighted by atomic mass is 16.5. The Labute approximate surface area is 128 Å². The van der Waals surface area contributed by atoms with E-state index in [0.29, 0.717) is 18.9 Å². The Kier molecular flexibility index (Phi) is 7.23. The molecule has 0 atom stereocenters. The van der Waals surface area contributed by atoms with Crippen molar-refractivity contribution in [1.29, 1.82) is 0 Å². The fourth-order valence-electron chi connectivity index (χ4n) is 2.02. The summed E-state index contributed by atoms with van der Waals surface area (Å²) in [6, 6.07) is 6.15. The summed E-state index contributed by atoms with van der Waals surface area (Å²) in [5.74, 6) is 1.61. The highest BCUT2D eigenvalue weighted by molar-refractivity contribution is 5.75. The molecule has 0 aliphatic heterocycles. The molecule has 0 unspecified atom stereocenters. The topological polar surface area (TPSA) is 41.6 Å². The van der Waals surface area contributed by atoms with E-state index in [0.717, 1.165) is 30.0 Å². The number of hydrogen-bond acceptors (Lipinski definition) is 3. The third kappa shape index (κ3) is 6.17. The summed E-state index contributed by atoms with van der Waals surface area (Å²) in [5.41, 5.74) is 2.25. The quantitative estimate of drug-likeness (QED) is 0.801. The van der Waals surface area contributed by atoms with Crippen LogP contribution < -0.4 is 10.1 Å². The van der Waals surface area contributed by atoms with Gasteiger partial charge in [-0.05, 0) is 24.9 Å². The van der Waals surface area contributed by atoms with Crippen molar-refractivity contribution in [3.05, 3.63) is 29.3 Å². The van der Waals surface area contributed by atoms with Crippen LogP contribution in [0.2, 0.25) is 0 Å². The SMILES string of the molecule is Cc1cccc(CNCC(C)C)c1OCCC(=O)N(C)C. The molecule has 0 aliphatic carbocycles. The number of carbonyl (C=O) groups excluding carboxylic acids is 1. The maximum absolute atomic E-state index is 11.6. The van der Waals surface area contributed by atoms with Gasteiger partial charge in [-0.1, -0.05) is 32.0 Å². The van der Waals surface area contributed by atoms with Gasteiger partial charge in [-0.2, -0.15) is 0 Å². The van der Waals surface area contributed by atoms with E-state index < -0.39 is 0 Å². The molecule has 4 heteroatoms. The summed E-state index contributed by atoms with van der Waals surface area (Å²) in [4.78, 5) is 13.2. The van der Waals surface area contributed by atoms with Gasteiger partial charge in [-0.25, -0.2) is 0 Å². The fourth-order valence-corrected chi connectivity index (χ4v) is 2.02. The van der Waals surface area contributed by atoms with Crippen LogP contribution in [-0.2, 0) is 11.3 Å². The minimum absolute atomic E-state index is 0.0862. The summed E-state index contributed by atoms with van der Waals surface area (Å²) in [7, 11) is 3.52. The standard InChI is InChI=1S/C17H28N2O2/c1-13(2)11-18-12-15-8-6-7-14(3)17(15)21-10-9-16(20)19(4)5/h6-8,13,18H,9-12H2,1-5H3. The maximum Gasteiger partial charge on any atom is 0.225 e. The third-order valence-electron chi connectivity index (χ3n) is 3.22. The molecule has 1 aromatic rings. The van der Waals surface area contributed by atoms with Gasteiger partial charge in [0.25, 0.3) is 0 Å². The first-order valence-corrected chi connectivity index (χ1v) is 7.54. The van der Waals surface area contributed by atoms with E-state index in [1.807, 2.05) is 19.1 Å². The Morgan fingerprint density at radius 2 is 2.05 bits per heavy atom. The lowest BCUT2D eigenvalue weighted by Gasteiger charge is -2.16. The Morgan fingerprint density at radius 3 is 2.67 bits per heavy atom. The molecule has 0 saturated heterocycles. The van der Waals surface area contributed by atoms with Crippen molar-refractivity contribution in [2.45, 2.75) is 33.7 Å². The van der Waals surface area contributed by atoms with Crippen LogP contribution in [0.5, 0.6) is 5.75 Å². The molecule has 0 aromatic heterocycles. The number of para-hydroxylation sites is 1. The van der Waals surface area contributed by atoms with Gasteiger partial charge in [-0.15, -0.1) is 0 Å². The van der Waals surface area contributed by atoms with Crippen LogP contribution >= 0.6 is 0 Å². The highest BCUT2D eigenvalue weighted by Gasteiger charge is 2.09. The van der Waals surface area contributed by atoms with E-state index in [-0.39, 0.29) is 5.91 Å². The lowest BCUT2D eigenvalue weighted by molar-refractivity contribution is -0.129. The number of nitrogens with zero attached hydrogens (tertiary/aromatic N) is 1. The van der Waals surface area contributed by atoms with Gasteiger partial charge < -0.3 is 15.0 Å². The average Bonchev–Trinajstić information content (AvgIpc) is 2.40. The van der Waals surface area contributed by atoms with Crippen LogP contribution in [0.15, 0.2) is 18.2 Å². The van der Waals surface area contributed by atoms with E-state index in [1.54, 1.807) is 19.0 Å². The van der Waals surface area contributed by atoms with Gasteiger partial charge in [0, 0.05) is 26.2 Å². The minimum atomic E-state index is 0.0862. The number of ether oxygens (including phenoxy) is 1. The maximum atomic E-state index is 11.6. The molecule has 0 radical (unpaired) electrons. The molecule has 118 valence electrons. The van der Waals surface area contributed by atoms with Crippen molar-refractivity contribution in [3.63, 3.8) is 0 Å². The molecule has 0 saturated carbocycles. The largest absolute Gasteiger partial charge is 0.492 e. The fraction of sp³-hybridized carbons (Fsp3) is 0.588. The Hall–Kier alpha value is -1.55. The summed E-state index contributed by atoms with van der Waals surface area (Å²) >= 11 is 0. The molecule has 1 amide bonds. The Morgan fingerprint density at radius 1 is 1.33 bits per heavy atom. The lowest BCUT2D eigenvalue weighted by atomic mass is 10.1. The molecule has 1 aromatic carbocycles. The predicted octanol–water partition coefficient (Wildman–Crippen LogP) is 2.60. The molecule has 0 spiro atoms. The summed E-state index contributed by atoms with van der Waals surface area (Å²) in [5, 5.41) is 3.43. The first-order chi connectivity index (χ1) is 9.91. The van der Waals surface area contributed by atoms with Crippen LogP contribution in [0.3, 0.4) is 0 Å². The van der Waals surface area contributed by atoms with Crippen molar-refractivity contribution in [2.24, 2.45) is 5.92 Å². The number of nitrogens with one attached hydrogen (secondary N) is 1. The number of amides is 1. The molecular formula is C17H28N2O2. The van der Waals surface area contributed by atoms with Crippen LogP contribution in [0, 0.1) is 12.8 Å². The Bertz CT molecular complexity index is 456. The molecule has 1 N–H and O–H groups in total. The minimum Gasteiger partial charge on any atom is -0.492 e. The van der Waals surface area contributed by atoms with E-state index >= 15 is 0 Å². The second kappa shape index (κ2) is 8.67. The van der Waals surface area contributed by atoms with Crippen LogP contribution in [0.25, 0.3) is 0 Å². The lowest BCUT2D eigenvalue weighted by Crippen LogP contribution is -2.24. The monoisotopic (exact) mass is 292 g/mol. The highest BCUT2D eigenvalue weighted by Crippen LogP contribution is 2.23. The van der Waals surface area contributed by atoms with Gasteiger partial charge in [-0.3, -0.25) is 4.79 Å². The number of benzene rings is 1. The van der Waals surface area contributed by atoms with Crippen LogP contribution in [0.1, 0.15) is 31.4 Å². The molecule has 0 bridgehead atoms. The van der Waals surface area contributed by atoms with Crippen molar-refractivity contribution >= 4 is 5.91 Å². The van der Waals surface area contributed by atoms with Crippen LogP contribution in [-0.4, -0.2) is 38.1 Å². The van der Waals surface area contributed by atoms with Gasteiger partial charge in [0.2, 0.25) is 5.91 Å². The van der Waals surface area contributed by atoms with Crippen molar-refractivity contribution in [2.75, 3.05) is 27.2 Å². The zero-order chi connectivity index (χ0) is 15.8. The van der Waals surface area contributed by atoms with Gasteiger partial charge in [0.15, 0.2) is 0 Å². The predicted molar refractivity (Wildman–Crippen MR) is 86.5 cm³/mol. The molecular weight excluding hydrogens is 264 g/mol. The van der Waals surface area contributed by atoms with E-state index in [9.17, 15) is 4.79 Å². The molecule has 21 heavy (non-hydrogen) atoms. The van der Waals surface area contributed by atoms with Crippen LogP contribution in [0.4, 0.5) is 0 Å². The summed E-state index contributed by atoms with van der Waals surface area (Å²) in [6.07, 6.45) is 0.403. The molecule has 0 fully saturated rings. The second-order valence-corrected chi connectivity index (χ2v) is 5.97. The first kappa shape index (κ1) is 17.5. The van der Waals surface area contributed by atoms with Crippen molar-refractivity contribution in [1.82, 2.24) is 10.2 Å². The molecule has 0 heterocycles. The van der Waals surface area contributed by atoms with Gasteiger partial charge in [0.05, 0.1) is 13.0 Å². The smallest absolute Gasteiger partial charge is 0.225 e. The Balaban J connectivity index is 2.60. The van der Waals surface area contributed by atoms with E-state index in [2.05, 4.69) is 25.2 Å². The summed E-state index contributed by atoms with van der Waals surface area (Å²) in [6.45, 7) is 8.60. The molecule has 4 nitrogen and oxygen atoms in total. The van der Waals surface area contributed by atoms with Crippen molar-refractivity contribution in [3.8, 4) is 5.75 Å². The normalized spacial score (nSPS) is 10.8. The number of carbonyl (C=O) groups is 1. The zero-order valence-corrected chi connectivity index (χ0v) is 13.9. The van der Waals surface area contributed by atoms with Crippen molar-refractivity contribution < 1.29 is 9.53 Å². The van der Waals surface area contributed by atoms with E-state index in [1.165, 1.54) is 0 Å². The zero-order valence-electron chi connectivity index (χ0n) is 13.9. The average molecular weight is 292 g/mol. The number of hydrogen-bond donors (Lipinski definition) is 1. The molecule has 1 rings (SSSR count). The number of rotatable bonds is 8. The number of aryl methyl sites for hydroxylation is 1. The van der Waals surface area contributed by atoms with Gasteiger partial charge in [0.1, 0.15) is 5.75 Å². The second-order valence-electron chi connectivity index (χ2n) is 5.97. The van der Waals surface area contributed by atoms with Gasteiger partial charge >= 0.3 is 0 Å². The van der Waals surface area contributed by atoms with E-state index in [4.69, 9.17) is 4.74 Å².